The van der Waals surface area contributed by atoms with Gasteiger partial charge in [0.2, 0.25) is 0 Å². The van der Waals surface area contributed by atoms with Crippen LogP contribution in [-0.2, 0) is 19.4 Å². The molecule has 2 rings (SSSR count). The average molecular weight is 390 g/mol. The maximum Gasteiger partial charge on any atom is 0.434 e. The number of nitro benzene ring substituents is 1. The normalized spacial score (nSPS) is 12.3. The lowest BCUT2D eigenvalue weighted by atomic mass is 10.1. The van der Waals surface area contributed by atoms with Crippen LogP contribution in [0.3, 0.4) is 0 Å². The number of rotatable bonds is 3. The molecular formula is C12H6ClF6N3O3. The molecule has 6 nitrogen and oxygen atoms in total. The summed E-state index contributed by atoms with van der Waals surface area (Å²) < 4.78 is 82.2. The smallest absolute Gasteiger partial charge is 0.434 e. The van der Waals surface area contributed by atoms with Crippen LogP contribution >= 0.6 is 11.6 Å². The average Bonchev–Trinajstić information content (AvgIpc) is 2.71. The van der Waals surface area contributed by atoms with E-state index in [4.69, 9.17) is 16.3 Å². The van der Waals surface area contributed by atoms with E-state index in [1.54, 1.807) is 0 Å². The quantitative estimate of drug-likeness (QED) is 0.429. The van der Waals surface area contributed by atoms with Crippen molar-refractivity contribution < 1.29 is 36.0 Å². The van der Waals surface area contributed by atoms with Gasteiger partial charge in [0.25, 0.3) is 11.6 Å². The van der Waals surface area contributed by atoms with Crippen LogP contribution in [0.1, 0.15) is 11.3 Å². The highest BCUT2D eigenvalue weighted by molar-refractivity contribution is 6.32. The third-order valence-electron chi connectivity index (χ3n) is 2.91. The van der Waals surface area contributed by atoms with Crippen LogP contribution in [0.2, 0.25) is 5.02 Å². The molecule has 0 N–H and O–H groups in total. The van der Waals surface area contributed by atoms with Gasteiger partial charge in [0, 0.05) is 19.2 Å². The fraction of sp³-hybridized carbons (Fsp3) is 0.250. The summed E-state index contributed by atoms with van der Waals surface area (Å²) in [4.78, 5) is 9.41. The summed E-state index contributed by atoms with van der Waals surface area (Å²) in [5.41, 5.74) is -4.22. The summed E-state index contributed by atoms with van der Waals surface area (Å²) in [5.74, 6) is -1.41. The molecule has 0 aliphatic rings. The van der Waals surface area contributed by atoms with Crippen LogP contribution in [0.25, 0.3) is 0 Å². The van der Waals surface area contributed by atoms with Gasteiger partial charge in [-0.1, -0.05) is 11.6 Å². The van der Waals surface area contributed by atoms with E-state index in [1.807, 2.05) is 0 Å². The minimum atomic E-state index is -5.08. The Morgan fingerprint density at radius 2 is 1.80 bits per heavy atom. The van der Waals surface area contributed by atoms with Crippen molar-refractivity contribution in [1.82, 2.24) is 9.78 Å². The Labute approximate surface area is 139 Å². The molecule has 0 amide bonds. The molecule has 136 valence electrons. The Balaban J connectivity index is 2.48. The predicted octanol–water partition coefficient (Wildman–Crippen LogP) is 4.81. The number of halogens is 7. The topological polar surface area (TPSA) is 70.2 Å². The van der Waals surface area contributed by atoms with Crippen LogP contribution in [0.4, 0.5) is 32.0 Å². The third kappa shape index (κ3) is 3.78. The van der Waals surface area contributed by atoms with Crippen molar-refractivity contribution in [2.75, 3.05) is 0 Å². The number of nitro groups is 1. The second-order valence-electron chi connectivity index (χ2n) is 4.62. The zero-order chi connectivity index (χ0) is 19.2. The summed E-state index contributed by atoms with van der Waals surface area (Å²) in [7, 11) is 0.915. The first-order valence-electron chi connectivity index (χ1n) is 6.15. The first-order valence-corrected chi connectivity index (χ1v) is 6.53. The largest absolute Gasteiger partial charge is 0.436 e. The molecule has 0 bridgehead atoms. The third-order valence-corrected chi connectivity index (χ3v) is 3.25. The van der Waals surface area contributed by atoms with E-state index in [9.17, 15) is 36.5 Å². The highest BCUT2D eigenvalue weighted by atomic mass is 35.5. The molecule has 2 aromatic rings. The molecule has 0 atom stereocenters. The summed E-state index contributed by atoms with van der Waals surface area (Å²) in [6.45, 7) is 0. The first kappa shape index (κ1) is 18.8. The van der Waals surface area contributed by atoms with Crippen LogP contribution < -0.4 is 4.74 Å². The second-order valence-corrected chi connectivity index (χ2v) is 5.00. The number of hydrogen-bond acceptors (Lipinski definition) is 4. The molecule has 25 heavy (non-hydrogen) atoms. The van der Waals surface area contributed by atoms with Gasteiger partial charge in [-0.15, -0.1) is 5.10 Å². The summed E-state index contributed by atoms with van der Waals surface area (Å²) >= 11 is 5.52. The van der Waals surface area contributed by atoms with E-state index in [2.05, 4.69) is 5.10 Å². The van der Waals surface area contributed by atoms with Crippen molar-refractivity contribution in [3.63, 3.8) is 0 Å². The van der Waals surface area contributed by atoms with E-state index in [0.29, 0.717) is 10.7 Å². The van der Waals surface area contributed by atoms with Crippen LogP contribution in [0, 0.1) is 10.1 Å². The zero-order valence-corrected chi connectivity index (χ0v) is 12.7. The molecular weight excluding hydrogens is 384 g/mol. The lowest BCUT2D eigenvalue weighted by molar-refractivity contribution is -0.388. The number of nitrogens with zero attached hydrogens (tertiary/aromatic N) is 3. The van der Waals surface area contributed by atoms with E-state index in [-0.39, 0.29) is 6.07 Å². The van der Waals surface area contributed by atoms with E-state index < -0.39 is 50.9 Å². The van der Waals surface area contributed by atoms with Crippen LogP contribution in [-0.4, -0.2) is 14.7 Å². The van der Waals surface area contributed by atoms with Crippen molar-refractivity contribution >= 4 is 17.3 Å². The molecule has 1 aromatic heterocycles. The van der Waals surface area contributed by atoms with Gasteiger partial charge in [0.1, 0.15) is 16.3 Å². The molecule has 1 heterocycles. The fourth-order valence-corrected chi connectivity index (χ4v) is 2.23. The second kappa shape index (κ2) is 6.10. The van der Waals surface area contributed by atoms with Crippen LogP contribution in [0.5, 0.6) is 11.6 Å². The van der Waals surface area contributed by atoms with Crippen molar-refractivity contribution in [2.45, 2.75) is 12.4 Å². The van der Waals surface area contributed by atoms with Gasteiger partial charge in [-0.25, -0.2) is 0 Å². The van der Waals surface area contributed by atoms with E-state index >= 15 is 0 Å². The maximum atomic E-state index is 12.9. The summed E-state index contributed by atoms with van der Waals surface area (Å²) in [5, 5.41) is 13.0. The molecule has 0 saturated carbocycles. The van der Waals surface area contributed by atoms with Gasteiger partial charge in [-0.05, 0) is 6.07 Å². The monoisotopic (exact) mass is 389 g/mol. The van der Waals surface area contributed by atoms with Gasteiger partial charge >= 0.3 is 12.4 Å². The minimum Gasteiger partial charge on any atom is -0.436 e. The van der Waals surface area contributed by atoms with Crippen molar-refractivity contribution in [2.24, 2.45) is 7.05 Å². The van der Waals surface area contributed by atoms with E-state index in [0.717, 1.165) is 13.1 Å². The Morgan fingerprint density at radius 3 is 2.24 bits per heavy atom. The number of alkyl halides is 6. The molecule has 0 aliphatic carbocycles. The molecule has 0 radical (unpaired) electrons. The van der Waals surface area contributed by atoms with Crippen molar-refractivity contribution in [3.05, 3.63) is 44.6 Å². The zero-order valence-electron chi connectivity index (χ0n) is 11.9. The molecule has 0 fully saturated rings. The Bertz CT molecular complexity index is 831. The Morgan fingerprint density at radius 1 is 1.20 bits per heavy atom. The molecule has 0 aliphatic heterocycles. The first-order chi connectivity index (χ1) is 11.3. The lowest BCUT2D eigenvalue weighted by Gasteiger charge is -2.09. The fourth-order valence-electron chi connectivity index (χ4n) is 1.92. The number of benzene rings is 1. The molecule has 0 spiro atoms. The van der Waals surface area contributed by atoms with Gasteiger partial charge in [0.15, 0.2) is 5.69 Å². The SMILES string of the molecule is Cn1nc(Oc2ccc([N+](=O)[O-])c(C(F)(F)F)c2)c(Cl)c1C(F)(F)F. The van der Waals surface area contributed by atoms with Crippen LogP contribution in [0.15, 0.2) is 18.2 Å². The predicted molar refractivity (Wildman–Crippen MR) is 71.4 cm³/mol. The Kier molecular flexibility index (Phi) is 4.59. The molecule has 0 unspecified atom stereocenters. The molecule has 1 aromatic carbocycles. The Hall–Kier alpha value is -2.50. The minimum absolute atomic E-state index is 0.274. The van der Waals surface area contributed by atoms with Gasteiger partial charge < -0.3 is 4.74 Å². The standard InChI is InChI=1S/C12H6ClF6N3O3/c1-21-9(12(17,18)19)8(13)10(20-21)25-5-2-3-7(22(23)24)6(4-5)11(14,15)16/h2-4H,1H3. The van der Waals surface area contributed by atoms with Crippen molar-refractivity contribution in [3.8, 4) is 11.6 Å². The van der Waals surface area contributed by atoms with Gasteiger partial charge in [0.05, 0.1) is 4.92 Å². The maximum absolute atomic E-state index is 12.9. The summed E-state index contributed by atoms with van der Waals surface area (Å²) in [6.07, 6.45) is -9.94. The molecule has 13 heteroatoms. The number of hydrogen-bond donors (Lipinski definition) is 0. The van der Waals surface area contributed by atoms with Gasteiger partial charge in [-0.2, -0.15) is 26.3 Å². The number of aromatic nitrogens is 2. The lowest BCUT2D eigenvalue weighted by Crippen LogP contribution is -2.12. The summed E-state index contributed by atoms with van der Waals surface area (Å²) in [6, 6.07) is 1.57. The highest BCUT2D eigenvalue weighted by Crippen LogP contribution is 2.42. The number of ether oxygens (including phenoxy) is 1. The highest BCUT2D eigenvalue weighted by Gasteiger charge is 2.41. The van der Waals surface area contributed by atoms with E-state index in [1.165, 1.54) is 0 Å². The van der Waals surface area contributed by atoms with Crippen molar-refractivity contribution in [1.29, 1.82) is 0 Å². The number of aryl methyl sites for hydroxylation is 1. The van der Waals surface area contributed by atoms with Gasteiger partial charge in [-0.3, -0.25) is 14.8 Å². The molecule has 0 saturated heterocycles.